The number of aryl methyl sites for hydroxylation is 1. The summed E-state index contributed by atoms with van der Waals surface area (Å²) in [6.45, 7) is 2.46. The Labute approximate surface area is 89.0 Å². The van der Waals surface area contributed by atoms with Gasteiger partial charge in [-0.1, -0.05) is 30.3 Å². The van der Waals surface area contributed by atoms with Gasteiger partial charge in [-0.15, -0.1) is 5.10 Å². The summed E-state index contributed by atoms with van der Waals surface area (Å²) in [6, 6.07) is 12.0. The predicted molar refractivity (Wildman–Crippen MR) is 60.1 cm³/mol. The normalized spacial score (nSPS) is 10.3. The fraction of sp³-hybridized carbons (Fsp3) is 0.167. The molecule has 0 aliphatic carbocycles. The van der Waals surface area contributed by atoms with Crippen LogP contribution in [0.5, 0.6) is 0 Å². The second-order valence-corrected chi connectivity index (χ2v) is 3.44. The molecule has 0 aliphatic heterocycles. The van der Waals surface area contributed by atoms with E-state index in [4.69, 9.17) is 5.73 Å². The minimum atomic E-state index is 0.433. The fourth-order valence-electron chi connectivity index (χ4n) is 1.52. The Morgan fingerprint density at radius 3 is 2.47 bits per heavy atom. The van der Waals surface area contributed by atoms with E-state index < -0.39 is 0 Å². The third kappa shape index (κ3) is 2.02. The number of benzene rings is 1. The first-order valence-corrected chi connectivity index (χ1v) is 4.90. The molecule has 15 heavy (non-hydrogen) atoms. The topological polar surface area (TPSA) is 51.8 Å². The molecule has 2 aromatic rings. The van der Waals surface area contributed by atoms with E-state index in [0.717, 1.165) is 22.5 Å². The van der Waals surface area contributed by atoms with Gasteiger partial charge in [-0.3, -0.25) is 0 Å². The number of nitrogens with zero attached hydrogens (tertiary/aromatic N) is 2. The molecule has 0 saturated carbocycles. The van der Waals surface area contributed by atoms with Crippen molar-refractivity contribution in [1.82, 2.24) is 10.2 Å². The van der Waals surface area contributed by atoms with Gasteiger partial charge in [-0.2, -0.15) is 5.10 Å². The van der Waals surface area contributed by atoms with E-state index in [1.807, 2.05) is 43.3 Å². The Balaban J connectivity index is 2.46. The van der Waals surface area contributed by atoms with Crippen molar-refractivity contribution in [3.8, 4) is 11.3 Å². The summed E-state index contributed by atoms with van der Waals surface area (Å²) in [5.41, 5.74) is 9.45. The highest BCUT2D eigenvalue weighted by atomic mass is 15.1. The summed E-state index contributed by atoms with van der Waals surface area (Å²) in [7, 11) is 0. The van der Waals surface area contributed by atoms with E-state index >= 15 is 0 Å². The van der Waals surface area contributed by atoms with Crippen LogP contribution in [-0.2, 0) is 6.54 Å². The number of nitrogens with two attached hydrogens (primary N) is 1. The molecule has 0 saturated heterocycles. The fourth-order valence-corrected chi connectivity index (χ4v) is 1.52. The SMILES string of the molecule is Cc1cc(CN)nnc1-c1ccccc1. The van der Waals surface area contributed by atoms with E-state index in [1.54, 1.807) is 0 Å². The van der Waals surface area contributed by atoms with Gasteiger partial charge in [0.15, 0.2) is 0 Å². The summed E-state index contributed by atoms with van der Waals surface area (Å²) in [5, 5.41) is 8.25. The van der Waals surface area contributed by atoms with Crippen LogP contribution in [0.4, 0.5) is 0 Å². The summed E-state index contributed by atoms with van der Waals surface area (Å²) >= 11 is 0. The Kier molecular flexibility index (Phi) is 2.74. The average molecular weight is 199 g/mol. The maximum atomic E-state index is 5.50. The smallest absolute Gasteiger partial charge is 0.0958 e. The van der Waals surface area contributed by atoms with Gasteiger partial charge in [0.25, 0.3) is 0 Å². The Morgan fingerprint density at radius 2 is 1.87 bits per heavy atom. The summed E-state index contributed by atoms with van der Waals surface area (Å²) in [4.78, 5) is 0. The highest BCUT2D eigenvalue weighted by molar-refractivity contribution is 5.61. The van der Waals surface area contributed by atoms with Crippen LogP contribution in [0.15, 0.2) is 36.4 Å². The molecule has 0 atom stereocenters. The molecule has 1 heterocycles. The molecule has 76 valence electrons. The van der Waals surface area contributed by atoms with Crippen molar-refractivity contribution in [3.05, 3.63) is 47.7 Å². The van der Waals surface area contributed by atoms with E-state index in [0.29, 0.717) is 6.54 Å². The molecule has 0 spiro atoms. The van der Waals surface area contributed by atoms with E-state index in [2.05, 4.69) is 10.2 Å². The molecule has 0 fully saturated rings. The van der Waals surface area contributed by atoms with Gasteiger partial charge in [-0.25, -0.2) is 0 Å². The third-order valence-corrected chi connectivity index (χ3v) is 2.29. The zero-order chi connectivity index (χ0) is 10.7. The van der Waals surface area contributed by atoms with Crippen molar-refractivity contribution >= 4 is 0 Å². The molecule has 0 aliphatic rings. The van der Waals surface area contributed by atoms with Crippen LogP contribution in [0, 0.1) is 6.92 Å². The second kappa shape index (κ2) is 4.19. The zero-order valence-corrected chi connectivity index (χ0v) is 8.64. The predicted octanol–water partition coefficient (Wildman–Crippen LogP) is 1.91. The molecule has 1 aromatic carbocycles. The molecular weight excluding hydrogens is 186 g/mol. The van der Waals surface area contributed by atoms with Crippen molar-refractivity contribution in [3.63, 3.8) is 0 Å². The number of hydrogen-bond donors (Lipinski definition) is 1. The molecule has 0 unspecified atom stereocenters. The van der Waals surface area contributed by atoms with Gasteiger partial charge in [0.05, 0.1) is 11.4 Å². The van der Waals surface area contributed by atoms with Gasteiger partial charge in [0.2, 0.25) is 0 Å². The van der Waals surface area contributed by atoms with Gasteiger partial charge in [0, 0.05) is 12.1 Å². The Bertz CT molecular complexity index is 452. The second-order valence-electron chi connectivity index (χ2n) is 3.44. The van der Waals surface area contributed by atoms with E-state index in [-0.39, 0.29) is 0 Å². The van der Waals surface area contributed by atoms with Crippen LogP contribution >= 0.6 is 0 Å². The van der Waals surface area contributed by atoms with Crippen molar-refractivity contribution in [2.75, 3.05) is 0 Å². The Hall–Kier alpha value is -1.74. The lowest BCUT2D eigenvalue weighted by Gasteiger charge is -2.04. The lowest BCUT2D eigenvalue weighted by atomic mass is 10.1. The van der Waals surface area contributed by atoms with Gasteiger partial charge >= 0.3 is 0 Å². The Morgan fingerprint density at radius 1 is 1.13 bits per heavy atom. The largest absolute Gasteiger partial charge is 0.325 e. The van der Waals surface area contributed by atoms with E-state index in [9.17, 15) is 0 Å². The summed E-state index contributed by atoms with van der Waals surface area (Å²) in [6.07, 6.45) is 0. The minimum Gasteiger partial charge on any atom is -0.325 e. The van der Waals surface area contributed by atoms with Gasteiger partial charge in [-0.05, 0) is 18.6 Å². The van der Waals surface area contributed by atoms with Crippen molar-refractivity contribution in [2.45, 2.75) is 13.5 Å². The molecule has 0 bridgehead atoms. The summed E-state index contributed by atoms with van der Waals surface area (Å²) in [5.74, 6) is 0. The van der Waals surface area contributed by atoms with Crippen LogP contribution < -0.4 is 5.73 Å². The monoisotopic (exact) mass is 199 g/mol. The molecule has 0 radical (unpaired) electrons. The van der Waals surface area contributed by atoms with E-state index in [1.165, 1.54) is 0 Å². The highest BCUT2D eigenvalue weighted by Gasteiger charge is 2.04. The standard InChI is InChI=1S/C12H13N3/c1-9-7-11(8-13)14-15-12(9)10-5-3-2-4-6-10/h2-7H,8,13H2,1H3. The minimum absolute atomic E-state index is 0.433. The third-order valence-electron chi connectivity index (χ3n) is 2.29. The van der Waals surface area contributed by atoms with Crippen LogP contribution in [0.25, 0.3) is 11.3 Å². The zero-order valence-electron chi connectivity index (χ0n) is 8.64. The number of aromatic nitrogens is 2. The highest BCUT2D eigenvalue weighted by Crippen LogP contribution is 2.19. The first-order chi connectivity index (χ1) is 7.31. The lowest BCUT2D eigenvalue weighted by molar-refractivity contribution is 0.894. The number of hydrogen-bond acceptors (Lipinski definition) is 3. The van der Waals surface area contributed by atoms with Gasteiger partial charge in [0.1, 0.15) is 0 Å². The van der Waals surface area contributed by atoms with Crippen molar-refractivity contribution in [1.29, 1.82) is 0 Å². The first-order valence-electron chi connectivity index (χ1n) is 4.90. The molecule has 3 nitrogen and oxygen atoms in total. The van der Waals surface area contributed by atoms with Crippen molar-refractivity contribution < 1.29 is 0 Å². The molecular formula is C12H13N3. The van der Waals surface area contributed by atoms with Crippen LogP contribution in [0.1, 0.15) is 11.3 Å². The van der Waals surface area contributed by atoms with Crippen molar-refractivity contribution in [2.24, 2.45) is 5.73 Å². The molecule has 1 aromatic heterocycles. The average Bonchev–Trinajstić information content (AvgIpc) is 2.30. The molecule has 2 rings (SSSR count). The summed E-state index contributed by atoms with van der Waals surface area (Å²) < 4.78 is 0. The molecule has 0 amide bonds. The maximum absolute atomic E-state index is 5.50. The first kappa shape index (κ1) is 9.80. The molecule has 3 heteroatoms. The maximum Gasteiger partial charge on any atom is 0.0958 e. The molecule has 2 N–H and O–H groups in total. The van der Waals surface area contributed by atoms with Crippen LogP contribution in [0.2, 0.25) is 0 Å². The number of rotatable bonds is 2. The van der Waals surface area contributed by atoms with Crippen LogP contribution in [-0.4, -0.2) is 10.2 Å². The van der Waals surface area contributed by atoms with Crippen LogP contribution in [0.3, 0.4) is 0 Å². The van der Waals surface area contributed by atoms with Gasteiger partial charge < -0.3 is 5.73 Å². The quantitative estimate of drug-likeness (QED) is 0.803. The lowest BCUT2D eigenvalue weighted by Crippen LogP contribution is -2.03.